The lowest BCUT2D eigenvalue weighted by atomic mass is 9.80. The molecule has 2 atom stereocenters. The molecule has 1 saturated heterocycles. The zero-order chi connectivity index (χ0) is 18.0. The zero-order valence-corrected chi connectivity index (χ0v) is 14.4. The third-order valence-corrected chi connectivity index (χ3v) is 4.75. The number of amides is 1. The van der Waals surface area contributed by atoms with E-state index in [-0.39, 0.29) is 17.6 Å². The Morgan fingerprint density at radius 2 is 1.72 bits per heavy atom. The smallest absolute Gasteiger partial charge is 0.259 e. The molecule has 1 N–H and O–H groups in total. The molecule has 3 rings (SSSR count). The summed E-state index contributed by atoms with van der Waals surface area (Å²) in [5.41, 5.74) is 0.170. The van der Waals surface area contributed by atoms with E-state index < -0.39 is 16.4 Å². The Kier molecular flexibility index (Phi) is 4.50. The van der Waals surface area contributed by atoms with Gasteiger partial charge in [-0.2, -0.15) is 0 Å². The van der Waals surface area contributed by atoms with Crippen LogP contribution in [0.15, 0.2) is 60.7 Å². The lowest BCUT2D eigenvalue weighted by Crippen LogP contribution is -2.51. The average Bonchev–Trinajstić information content (AvgIpc) is 2.84. The summed E-state index contributed by atoms with van der Waals surface area (Å²) in [5.74, 6) is -0.942. The summed E-state index contributed by atoms with van der Waals surface area (Å²) >= 11 is 5.36. The van der Waals surface area contributed by atoms with Crippen LogP contribution in [-0.2, 0) is 4.79 Å². The Balaban J connectivity index is 2.02. The molecular formula is C18H17N3O3S. The van der Waals surface area contributed by atoms with E-state index in [2.05, 4.69) is 5.32 Å². The summed E-state index contributed by atoms with van der Waals surface area (Å²) in [6.45, 7) is 1.30. The third-order valence-electron chi connectivity index (χ3n) is 4.46. The largest absolute Gasteiger partial charge is 0.347 e. The molecule has 1 fully saturated rings. The molecule has 2 aromatic rings. The topological polar surface area (TPSA) is 75.5 Å². The molecule has 0 aromatic heterocycles. The van der Waals surface area contributed by atoms with Gasteiger partial charge in [0.05, 0.1) is 11.6 Å². The van der Waals surface area contributed by atoms with Gasteiger partial charge in [0, 0.05) is 4.92 Å². The maximum atomic E-state index is 13.2. The molecule has 0 aliphatic carbocycles. The average molecular weight is 355 g/mol. The summed E-state index contributed by atoms with van der Waals surface area (Å²) in [4.78, 5) is 25.4. The molecule has 0 spiro atoms. The molecule has 0 radical (unpaired) electrons. The molecule has 7 heteroatoms. The van der Waals surface area contributed by atoms with E-state index in [0.29, 0.717) is 5.69 Å². The van der Waals surface area contributed by atoms with Crippen LogP contribution in [0.5, 0.6) is 0 Å². The number of rotatable bonds is 5. The highest BCUT2D eigenvalue weighted by Crippen LogP contribution is 2.35. The number of carbonyl (C=O) groups excluding carboxylic acids is 1. The minimum absolute atomic E-state index is 0.253. The number of para-hydroxylation sites is 1. The van der Waals surface area contributed by atoms with Crippen molar-refractivity contribution in [1.82, 2.24) is 5.32 Å². The Hall–Kier alpha value is -2.80. The van der Waals surface area contributed by atoms with Crippen molar-refractivity contribution in [3.05, 3.63) is 76.3 Å². The van der Waals surface area contributed by atoms with E-state index in [9.17, 15) is 14.9 Å². The summed E-state index contributed by atoms with van der Waals surface area (Å²) in [5, 5.41) is 14.5. The van der Waals surface area contributed by atoms with E-state index >= 15 is 0 Å². The van der Waals surface area contributed by atoms with E-state index in [0.717, 1.165) is 5.56 Å². The molecule has 0 unspecified atom stereocenters. The first kappa shape index (κ1) is 17.0. The van der Waals surface area contributed by atoms with E-state index in [1.54, 1.807) is 43.3 Å². The van der Waals surface area contributed by atoms with Crippen LogP contribution in [0, 0.1) is 10.1 Å². The van der Waals surface area contributed by atoms with Crippen molar-refractivity contribution in [3.63, 3.8) is 0 Å². The van der Waals surface area contributed by atoms with Crippen molar-refractivity contribution in [2.45, 2.75) is 18.4 Å². The predicted molar refractivity (Wildman–Crippen MR) is 99.1 cm³/mol. The Morgan fingerprint density at radius 1 is 1.16 bits per heavy atom. The first-order chi connectivity index (χ1) is 11.9. The third kappa shape index (κ3) is 3.10. The number of nitro groups is 1. The highest BCUT2D eigenvalue weighted by atomic mass is 32.1. The number of anilines is 1. The van der Waals surface area contributed by atoms with Gasteiger partial charge >= 0.3 is 0 Å². The summed E-state index contributed by atoms with van der Waals surface area (Å²) < 4.78 is 0. The fourth-order valence-electron chi connectivity index (χ4n) is 3.16. The minimum Gasteiger partial charge on any atom is -0.347 e. The quantitative estimate of drug-likeness (QED) is 0.507. The van der Waals surface area contributed by atoms with Crippen LogP contribution in [0.1, 0.15) is 18.4 Å². The standard InChI is InChI=1S/C18H17N3O3S/c1-18(15(12-20(23)24)13-8-4-2-5-9-13)16(22)21(17(25)19-18)14-10-6-3-7-11-14/h2-11,15H,12H2,1H3,(H,19,25)/t15-,18-/m0/s1. The number of hydrogen-bond donors (Lipinski definition) is 1. The molecule has 1 amide bonds. The Morgan fingerprint density at radius 3 is 2.28 bits per heavy atom. The number of nitrogens with zero attached hydrogens (tertiary/aromatic N) is 2. The normalized spacial score (nSPS) is 21.1. The van der Waals surface area contributed by atoms with Crippen molar-refractivity contribution in [1.29, 1.82) is 0 Å². The molecule has 1 heterocycles. The lowest BCUT2D eigenvalue weighted by Gasteiger charge is -2.29. The number of hydrogen-bond acceptors (Lipinski definition) is 4. The second-order valence-corrected chi connectivity index (χ2v) is 6.47. The lowest BCUT2D eigenvalue weighted by molar-refractivity contribution is -0.484. The van der Waals surface area contributed by atoms with Crippen LogP contribution in [0.4, 0.5) is 5.69 Å². The van der Waals surface area contributed by atoms with Crippen LogP contribution < -0.4 is 10.2 Å². The molecule has 0 saturated carbocycles. The first-order valence-electron chi connectivity index (χ1n) is 7.82. The van der Waals surface area contributed by atoms with Crippen molar-refractivity contribution >= 4 is 28.9 Å². The van der Waals surface area contributed by atoms with E-state index in [1.165, 1.54) is 4.90 Å². The van der Waals surface area contributed by atoms with Gasteiger partial charge in [0.15, 0.2) is 5.11 Å². The Labute approximate surface area is 150 Å². The number of nitrogens with one attached hydrogen (secondary N) is 1. The van der Waals surface area contributed by atoms with Gasteiger partial charge in [-0.15, -0.1) is 0 Å². The molecule has 1 aliphatic rings. The van der Waals surface area contributed by atoms with E-state index in [4.69, 9.17) is 12.2 Å². The highest BCUT2D eigenvalue weighted by molar-refractivity contribution is 7.80. The second-order valence-electron chi connectivity index (χ2n) is 6.09. The van der Waals surface area contributed by atoms with Crippen molar-refractivity contribution in [2.24, 2.45) is 0 Å². The van der Waals surface area contributed by atoms with Gasteiger partial charge in [0.1, 0.15) is 5.54 Å². The molecule has 2 aromatic carbocycles. The van der Waals surface area contributed by atoms with Gasteiger partial charge in [-0.1, -0.05) is 48.5 Å². The summed E-state index contributed by atoms with van der Waals surface area (Å²) in [6.07, 6.45) is 0. The maximum absolute atomic E-state index is 13.2. The van der Waals surface area contributed by atoms with Gasteiger partial charge in [0.25, 0.3) is 5.91 Å². The van der Waals surface area contributed by atoms with Crippen molar-refractivity contribution < 1.29 is 9.72 Å². The molecule has 6 nitrogen and oxygen atoms in total. The van der Waals surface area contributed by atoms with Crippen LogP contribution in [0.3, 0.4) is 0 Å². The molecular weight excluding hydrogens is 338 g/mol. The van der Waals surface area contributed by atoms with Gasteiger partial charge in [0.2, 0.25) is 6.54 Å². The van der Waals surface area contributed by atoms with Gasteiger partial charge in [-0.3, -0.25) is 19.8 Å². The SMILES string of the molecule is C[C@@]1([C@@H](C[N+](=O)[O-])c2ccccc2)NC(=S)N(c2ccccc2)C1=O. The second kappa shape index (κ2) is 6.60. The first-order valence-corrected chi connectivity index (χ1v) is 8.23. The molecule has 25 heavy (non-hydrogen) atoms. The summed E-state index contributed by atoms with van der Waals surface area (Å²) in [7, 11) is 0. The monoisotopic (exact) mass is 355 g/mol. The molecule has 0 bridgehead atoms. The van der Waals surface area contributed by atoms with Crippen LogP contribution >= 0.6 is 12.2 Å². The number of carbonyl (C=O) groups is 1. The van der Waals surface area contributed by atoms with E-state index in [1.807, 2.05) is 24.3 Å². The zero-order valence-electron chi connectivity index (χ0n) is 13.6. The molecule has 1 aliphatic heterocycles. The highest BCUT2D eigenvalue weighted by Gasteiger charge is 2.53. The van der Waals surface area contributed by atoms with Gasteiger partial charge < -0.3 is 5.32 Å². The van der Waals surface area contributed by atoms with Gasteiger partial charge in [-0.25, -0.2) is 0 Å². The van der Waals surface area contributed by atoms with Gasteiger partial charge in [-0.05, 0) is 36.8 Å². The number of thiocarbonyl (C=S) groups is 1. The van der Waals surface area contributed by atoms with Crippen LogP contribution in [-0.4, -0.2) is 28.0 Å². The number of benzene rings is 2. The fourth-order valence-corrected chi connectivity index (χ4v) is 3.56. The van der Waals surface area contributed by atoms with Crippen molar-refractivity contribution in [2.75, 3.05) is 11.4 Å². The maximum Gasteiger partial charge on any atom is 0.259 e. The van der Waals surface area contributed by atoms with Crippen LogP contribution in [0.25, 0.3) is 0 Å². The fraction of sp³-hybridized carbons (Fsp3) is 0.222. The van der Waals surface area contributed by atoms with Crippen LogP contribution in [0.2, 0.25) is 0 Å². The Bertz CT molecular complexity index is 813. The minimum atomic E-state index is -1.19. The molecule has 128 valence electrons. The van der Waals surface area contributed by atoms with Crippen molar-refractivity contribution in [3.8, 4) is 0 Å². The predicted octanol–water partition coefficient (Wildman–Crippen LogP) is 2.73. The summed E-state index contributed by atoms with van der Waals surface area (Å²) in [6, 6.07) is 18.1.